The molecular weight excluding hydrogens is 224 g/mol. The first-order valence-corrected chi connectivity index (χ1v) is 6.98. The molecule has 1 N–H and O–H groups in total. The molecule has 1 heterocycles. The molecule has 1 aliphatic rings. The Kier molecular flexibility index (Phi) is 4.88. The summed E-state index contributed by atoms with van der Waals surface area (Å²) in [6.07, 6.45) is 1.20. The van der Waals surface area contributed by atoms with Crippen molar-refractivity contribution in [3.63, 3.8) is 0 Å². The highest BCUT2D eigenvalue weighted by molar-refractivity contribution is 5.50. The summed E-state index contributed by atoms with van der Waals surface area (Å²) in [7, 11) is 0. The predicted octanol–water partition coefficient (Wildman–Crippen LogP) is 2.52. The Labute approximate surface area is 110 Å². The van der Waals surface area contributed by atoms with Crippen LogP contribution >= 0.6 is 0 Å². The molecule has 3 heteroatoms. The minimum atomic E-state index is 0.682. The van der Waals surface area contributed by atoms with Crippen molar-refractivity contribution in [3.8, 4) is 5.75 Å². The lowest BCUT2D eigenvalue weighted by Crippen LogP contribution is -2.38. The third-order valence-corrected chi connectivity index (χ3v) is 3.30. The van der Waals surface area contributed by atoms with Gasteiger partial charge in [0.05, 0.1) is 6.61 Å². The summed E-state index contributed by atoms with van der Waals surface area (Å²) < 4.78 is 5.58. The van der Waals surface area contributed by atoms with E-state index >= 15 is 0 Å². The molecule has 1 aromatic carbocycles. The van der Waals surface area contributed by atoms with E-state index in [0.717, 1.165) is 38.5 Å². The van der Waals surface area contributed by atoms with Crippen molar-refractivity contribution in [2.45, 2.75) is 20.3 Å². The molecule has 0 bridgehead atoms. The molecule has 18 heavy (non-hydrogen) atoms. The van der Waals surface area contributed by atoms with Gasteiger partial charge in [0.15, 0.2) is 0 Å². The highest BCUT2D eigenvalue weighted by Crippen LogP contribution is 2.22. The minimum absolute atomic E-state index is 0.682. The molecule has 0 aliphatic carbocycles. The van der Waals surface area contributed by atoms with Gasteiger partial charge < -0.3 is 15.0 Å². The van der Waals surface area contributed by atoms with Crippen molar-refractivity contribution in [1.29, 1.82) is 0 Å². The Morgan fingerprint density at radius 1 is 1.44 bits per heavy atom. The molecular formula is C15H24N2O. The van der Waals surface area contributed by atoms with Crippen LogP contribution in [0.1, 0.15) is 20.3 Å². The van der Waals surface area contributed by atoms with Gasteiger partial charge in [-0.15, -0.1) is 0 Å². The van der Waals surface area contributed by atoms with Crippen molar-refractivity contribution in [1.82, 2.24) is 5.32 Å². The van der Waals surface area contributed by atoms with Crippen molar-refractivity contribution in [3.05, 3.63) is 24.3 Å². The van der Waals surface area contributed by atoms with Crippen molar-refractivity contribution < 1.29 is 4.74 Å². The molecule has 0 aromatic heterocycles. The van der Waals surface area contributed by atoms with E-state index < -0.39 is 0 Å². The Hall–Kier alpha value is -1.22. The molecule has 1 saturated heterocycles. The molecule has 100 valence electrons. The highest BCUT2D eigenvalue weighted by atomic mass is 16.5. The fourth-order valence-corrected chi connectivity index (χ4v) is 2.45. The Morgan fingerprint density at radius 2 is 2.33 bits per heavy atom. The number of anilines is 1. The van der Waals surface area contributed by atoms with Crippen molar-refractivity contribution in [2.24, 2.45) is 5.92 Å². The van der Waals surface area contributed by atoms with Crippen LogP contribution in [0.3, 0.4) is 0 Å². The van der Waals surface area contributed by atoms with Gasteiger partial charge in [0.25, 0.3) is 0 Å². The SMILES string of the molecule is CCOc1cccc(N2CCCNCC(C)C2)c1. The molecule has 0 amide bonds. The van der Waals surface area contributed by atoms with Crippen LogP contribution in [0.2, 0.25) is 0 Å². The van der Waals surface area contributed by atoms with Crippen LogP contribution in [-0.2, 0) is 0 Å². The van der Waals surface area contributed by atoms with Gasteiger partial charge in [-0.3, -0.25) is 0 Å². The third-order valence-electron chi connectivity index (χ3n) is 3.30. The first-order valence-electron chi connectivity index (χ1n) is 6.98. The lowest BCUT2D eigenvalue weighted by atomic mass is 10.1. The summed E-state index contributed by atoms with van der Waals surface area (Å²) in [6, 6.07) is 8.46. The maximum atomic E-state index is 5.58. The van der Waals surface area contributed by atoms with E-state index in [-0.39, 0.29) is 0 Å². The zero-order chi connectivity index (χ0) is 12.8. The summed E-state index contributed by atoms with van der Waals surface area (Å²) >= 11 is 0. The van der Waals surface area contributed by atoms with Crippen LogP contribution in [0, 0.1) is 5.92 Å². The molecule has 1 atom stereocenters. The summed E-state index contributed by atoms with van der Waals surface area (Å²) in [5, 5.41) is 3.49. The van der Waals surface area contributed by atoms with Gasteiger partial charge in [0.1, 0.15) is 5.75 Å². The van der Waals surface area contributed by atoms with Crippen molar-refractivity contribution >= 4 is 5.69 Å². The lowest BCUT2D eigenvalue weighted by molar-refractivity contribution is 0.340. The molecule has 2 rings (SSSR count). The number of nitrogens with one attached hydrogen (secondary N) is 1. The minimum Gasteiger partial charge on any atom is -0.494 e. The second-order valence-corrected chi connectivity index (χ2v) is 5.04. The molecule has 0 spiro atoms. The van der Waals surface area contributed by atoms with E-state index in [1.54, 1.807) is 0 Å². The fourth-order valence-electron chi connectivity index (χ4n) is 2.45. The Morgan fingerprint density at radius 3 is 3.17 bits per heavy atom. The number of benzene rings is 1. The summed E-state index contributed by atoms with van der Waals surface area (Å²) in [5.41, 5.74) is 1.29. The number of hydrogen-bond donors (Lipinski definition) is 1. The van der Waals surface area contributed by atoms with E-state index in [0.29, 0.717) is 5.92 Å². The number of nitrogens with zero attached hydrogens (tertiary/aromatic N) is 1. The molecule has 1 fully saturated rings. The van der Waals surface area contributed by atoms with Crippen LogP contribution in [0.25, 0.3) is 0 Å². The number of hydrogen-bond acceptors (Lipinski definition) is 3. The van der Waals surface area contributed by atoms with Crippen LogP contribution in [0.15, 0.2) is 24.3 Å². The van der Waals surface area contributed by atoms with Gasteiger partial charge in [0, 0.05) is 24.8 Å². The van der Waals surface area contributed by atoms with Gasteiger partial charge in [-0.25, -0.2) is 0 Å². The molecule has 1 aromatic rings. The van der Waals surface area contributed by atoms with E-state index in [1.807, 2.05) is 13.0 Å². The second-order valence-electron chi connectivity index (χ2n) is 5.04. The maximum absolute atomic E-state index is 5.58. The number of ether oxygens (including phenoxy) is 1. The number of rotatable bonds is 3. The standard InChI is InChI=1S/C15H24N2O/c1-3-18-15-7-4-6-14(10-15)17-9-5-8-16-11-13(2)12-17/h4,6-7,10,13,16H,3,5,8-9,11-12H2,1-2H3. The monoisotopic (exact) mass is 248 g/mol. The quantitative estimate of drug-likeness (QED) is 0.889. The summed E-state index contributed by atoms with van der Waals surface area (Å²) in [4.78, 5) is 2.48. The van der Waals surface area contributed by atoms with Gasteiger partial charge in [0.2, 0.25) is 0 Å². The zero-order valence-electron chi connectivity index (χ0n) is 11.5. The molecule has 1 unspecified atom stereocenters. The van der Waals surface area contributed by atoms with E-state index in [2.05, 4.69) is 35.3 Å². The predicted molar refractivity (Wildman–Crippen MR) is 76.5 cm³/mol. The topological polar surface area (TPSA) is 24.5 Å². The Bertz CT molecular complexity index is 367. The molecule has 3 nitrogen and oxygen atoms in total. The zero-order valence-corrected chi connectivity index (χ0v) is 11.5. The van der Waals surface area contributed by atoms with Gasteiger partial charge in [-0.2, -0.15) is 0 Å². The van der Waals surface area contributed by atoms with Crippen LogP contribution < -0.4 is 15.0 Å². The molecule has 0 saturated carbocycles. The normalized spacial score (nSPS) is 21.2. The van der Waals surface area contributed by atoms with E-state index in [4.69, 9.17) is 4.74 Å². The van der Waals surface area contributed by atoms with Gasteiger partial charge in [-0.1, -0.05) is 13.0 Å². The van der Waals surface area contributed by atoms with Gasteiger partial charge in [-0.05, 0) is 44.5 Å². The smallest absolute Gasteiger partial charge is 0.121 e. The summed E-state index contributed by atoms with van der Waals surface area (Å²) in [5.74, 6) is 1.66. The summed E-state index contributed by atoms with van der Waals surface area (Å²) in [6.45, 7) is 9.52. The average Bonchev–Trinajstić information content (AvgIpc) is 2.34. The molecule has 0 radical (unpaired) electrons. The fraction of sp³-hybridized carbons (Fsp3) is 0.600. The average molecular weight is 248 g/mol. The van der Waals surface area contributed by atoms with E-state index in [1.165, 1.54) is 12.1 Å². The third kappa shape index (κ3) is 3.64. The first-order chi connectivity index (χ1) is 8.79. The Balaban J connectivity index is 2.09. The largest absolute Gasteiger partial charge is 0.494 e. The maximum Gasteiger partial charge on any atom is 0.121 e. The van der Waals surface area contributed by atoms with E-state index in [9.17, 15) is 0 Å². The lowest BCUT2D eigenvalue weighted by Gasteiger charge is -2.30. The first kappa shape index (κ1) is 13.2. The van der Waals surface area contributed by atoms with Crippen molar-refractivity contribution in [2.75, 3.05) is 37.7 Å². The van der Waals surface area contributed by atoms with Gasteiger partial charge >= 0.3 is 0 Å². The molecule has 1 aliphatic heterocycles. The highest BCUT2D eigenvalue weighted by Gasteiger charge is 2.14. The second kappa shape index (κ2) is 6.64. The van der Waals surface area contributed by atoms with Crippen LogP contribution in [-0.4, -0.2) is 32.8 Å². The van der Waals surface area contributed by atoms with Crippen LogP contribution in [0.5, 0.6) is 5.75 Å². The van der Waals surface area contributed by atoms with Crippen LogP contribution in [0.4, 0.5) is 5.69 Å².